The van der Waals surface area contributed by atoms with Gasteiger partial charge in [0.2, 0.25) is 0 Å². The molecule has 0 aliphatic rings. The van der Waals surface area contributed by atoms with Crippen LogP contribution in [0.15, 0.2) is 46.0 Å². The lowest BCUT2D eigenvalue weighted by Gasteiger charge is -2.07. The molecule has 0 amide bonds. The van der Waals surface area contributed by atoms with Crippen LogP contribution in [0.1, 0.15) is 49.5 Å². The van der Waals surface area contributed by atoms with Crippen LogP contribution >= 0.6 is 15.9 Å². The molecule has 114 valence electrons. The maximum atomic E-state index is 12.0. The summed E-state index contributed by atoms with van der Waals surface area (Å²) in [6.07, 6.45) is 6.21. The fourth-order valence-corrected chi connectivity index (χ4v) is 2.26. The first-order valence-corrected chi connectivity index (χ1v) is 7.92. The van der Waals surface area contributed by atoms with Gasteiger partial charge in [0.15, 0.2) is 0 Å². The highest BCUT2D eigenvalue weighted by Crippen LogP contribution is 2.21. The normalized spacial score (nSPS) is 11.2. The second kappa shape index (κ2) is 8.83. The Balaban J connectivity index is 2.50. The number of carbonyl (C=O) groups excluding carboxylic acids is 1. The van der Waals surface area contributed by atoms with Crippen molar-refractivity contribution in [2.24, 2.45) is 0 Å². The number of ether oxygens (including phenoxy) is 1. The molecule has 0 fully saturated rings. The Labute approximate surface area is 136 Å². The second-order valence-corrected chi connectivity index (χ2v) is 6.20. The Morgan fingerprint density at radius 3 is 2.62 bits per heavy atom. The van der Waals surface area contributed by atoms with E-state index in [2.05, 4.69) is 42.8 Å². The number of aryl methyl sites for hydroxylation is 1. The van der Waals surface area contributed by atoms with E-state index in [1.54, 1.807) is 6.07 Å². The molecule has 0 spiro atoms. The molecule has 1 rings (SSSR count). The zero-order chi connectivity index (χ0) is 15.8. The van der Waals surface area contributed by atoms with E-state index in [4.69, 9.17) is 4.74 Å². The molecule has 1 aromatic carbocycles. The van der Waals surface area contributed by atoms with Crippen molar-refractivity contribution in [1.29, 1.82) is 0 Å². The van der Waals surface area contributed by atoms with Crippen LogP contribution in [0.3, 0.4) is 0 Å². The van der Waals surface area contributed by atoms with Crippen LogP contribution in [-0.4, -0.2) is 12.6 Å². The molecule has 0 aromatic heterocycles. The van der Waals surface area contributed by atoms with Gasteiger partial charge in [0.1, 0.15) is 6.61 Å². The lowest BCUT2D eigenvalue weighted by atomic mass is 10.1. The number of hydrogen-bond acceptors (Lipinski definition) is 2. The smallest absolute Gasteiger partial charge is 0.339 e. The molecule has 0 aliphatic heterocycles. The average molecular weight is 351 g/mol. The zero-order valence-electron chi connectivity index (χ0n) is 13.2. The summed E-state index contributed by atoms with van der Waals surface area (Å²) in [5, 5.41) is 0. The fourth-order valence-electron chi connectivity index (χ4n) is 1.83. The van der Waals surface area contributed by atoms with Crippen molar-refractivity contribution in [2.45, 2.75) is 40.5 Å². The Morgan fingerprint density at radius 2 is 1.95 bits per heavy atom. The zero-order valence-corrected chi connectivity index (χ0v) is 14.8. The third-order valence-corrected chi connectivity index (χ3v) is 4.20. The number of carbonyl (C=O) groups is 1. The first-order valence-electron chi connectivity index (χ1n) is 7.13. The van der Waals surface area contributed by atoms with Gasteiger partial charge in [0.05, 0.1) is 5.56 Å². The van der Waals surface area contributed by atoms with Crippen molar-refractivity contribution >= 4 is 21.9 Å². The third-order valence-electron chi connectivity index (χ3n) is 3.15. The van der Waals surface area contributed by atoms with E-state index >= 15 is 0 Å². The standard InChI is InChI=1S/C18H23BrO2/c1-13(2)7-5-8-14(3)11-12-21-18(20)16-10-6-9-15(4)17(16)19/h6-7,9-11H,5,8,12H2,1-4H3/b14-11+. The van der Waals surface area contributed by atoms with E-state index in [1.165, 1.54) is 11.1 Å². The summed E-state index contributed by atoms with van der Waals surface area (Å²) in [7, 11) is 0. The quantitative estimate of drug-likeness (QED) is 0.492. The summed E-state index contributed by atoms with van der Waals surface area (Å²) < 4.78 is 6.11. The molecule has 0 saturated heterocycles. The Hall–Kier alpha value is -1.35. The van der Waals surface area contributed by atoms with Gasteiger partial charge >= 0.3 is 5.97 Å². The first kappa shape index (κ1) is 17.7. The molecule has 0 saturated carbocycles. The number of benzene rings is 1. The van der Waals surface area contributed by atoms with Crippen LogP contribution in [0.2, 0.25) is 0 Å². The van der Waals surface area contributed by atoms with E-state index in [9.17, 15) is 4.79 Å². The Morgan fingerprint density at radius 1 is 1.24 bits per heavy atom. The summed E-state index contributed by atoms with van der Waals surface area (Å²) in [6, 6.07) is 5.58. The van der Waals surface area contributed by atoms with Crippen LogP contribution in [0.4, 0.5) is 0 Å². The predicted molar refractivity (Wildman–Crippen MR) is 91.6 cm³/mol. The molecule has 0 atom stereocenters. The van der Waals surface area contributed by atoms with Crippen LogP contribution in [0, 0.1) is 6.92 Å². The maximum Gasteiger partial charge on any atom is 0.339 e. The molecule has 0 bridgehead atoms. The van der Waals surface area contributed by atoms with Crippen molar-refractivity contribution < 1.29 is 9.53 Å². The third kappa shape index (κ3) is 6.30. The predicted octanol–water partition coefficient (Wildman–Crippen LogP) is 5.61. The minimum absolute atomic E-state index is 0.293. The van der Waals surface area contributed by atoms with Crippen LogP contribution in [0.25, 0.3) is 0 Å². The minimum atomic E-state index is -0.293. The highest BCUT2D eigenvalue weighted by Gasteiger charge is 2.11. The SMILES string of the molecule is CC(C)=CCC/C(C)=C/COC(=O)c1cccc(C)c1Br. The van der Waals surface area contributed by atoms with Crippen molar-refractivity contribution in [1.82, 2.24) is 0 Å². The molecule has 3 heteroatoms. The summed E-state index contributed by atoms with van der Waals surface area (Å²) in [4.78, 5) is 12.0. The van der Waals surface area contributed by atoms with Gasteiger partial charge in [-0.05, 0) is 74.2 Å². The van der Waals surface area contributed by atoms with Gasteiger partial charge in [-0.1, -0.05) is 29.4 Å². The van der Waals surface area contributed by atoms with Crippen molar-refractivity contribution in [3.63, 3.8) is 0 Å². The number of esters is 1. The maximum absolute atomic E-state index is 12.0. The molecule has 0 heterocycles. The van der Waals surface area contributed by atoms with Crippen molar-refractivity contribution in [3.8, 4) is 0 Å². The molecule has 0 aliphatic carbocycles. The summed E-state index contributed by atoms with van der Waals surface area (Å²) in [6.45, 7) is 8.53. The molecule has 1 aromatic rings. The van der Waals surface area contributed by atoms with Gasteiger partial charge in [-0.25, -0.2) is 4.79 Å². The van der Waals surface area contributed by atoms with Gasteiger partial charge in [0, 0.05) is 4.47 Å². The fraction of sp³-hybridized carbons (Fsp3) is 0.389. The molecular formula is C18H23BrO2. The van der Waals surface area contributed by atoms with Gasteiger partial charge in [-0.2, -0.15) is 0 Å². The van der Waals surface area contributed by atoms with Gasteiger partial charge < -0.3 is 4.74 Å². The summed E-state index contributed by atoms with van der Waals surface area (Å²) >= 11 is 3.43. The second-order valence-electron chi connectivity index (χ2n) is 5.41. The first-order chi connectivity index (χ1) is 9.91. The van der Waals surface area contributed by atoms with E-state index in [-0.39, 0.29) is 5.97 Å². The number of rotatable bonds is 6. The van der Waals surface area contributed by atoms with E-state index in [1.807, 2.05) is 25.1 Å². The number of hydrogen-bond donors (Lipinski definition) is 0. The van der Waals surface area contributed by atoms with Crippen molar-refractivity contribution in [3.05, 3.63) is 57.1 Å². The van der Waals surface area contributed by atoms with Gasteiger partial charge in [-0.15, -0.1) is 0 Å². The lowest BCUT2D eigenvalue weighted by molar-refractivity contribution is 0.0547. The molecule has 0 unspecified atom stereocenters. The Bertz CT molecular complexity index is 552. The van der Waals surface area contributed by atoms with Crippen molar-refractivity contribution in [2.75, 3.05) is 6.61 Å². The van der Waals surface area contributed by atoms with Crippen LogP contribution in [-0.2, 0) is 4.74 Å². The summed E-state index contributed by atoms with van der Waals surface area (Å²) in [5.74, 6) is -0.293. The Kier molecular flexibility index (Phi) is 7.44. The molecule has 0 radical (unpaired) electrons. The molecule has 21 heavy (non-hydrogen) atoms. The molecule has 0 N–H and O–H groups in total. The largest absolute Gasteiger partial charge is 0.458 e. The summed E-state index contributed by atoms with van der Waals surface area (Å²) in [5.41, 5.74) is 4.17. The van der Waals surface area contributed by atoms with Crippen LogP contribution in [0.5, 0.6) is 0 Å². The highest BCUT2D eigenvalue weighted by atomic mass is 79.9. The van der Waals surface area contributed by atoms with E-state index in [0.717, 1.165) is 22.9 Å². The molecule has 2 nitrogen and oxygen atoms in total. The van der Waals surface area contributed by atoms with E-state index in [0.29, 0.717) is 12.2 Å². The topological polar surface area (TPSA) is 26.3 Å². The van der Waals surface area contributed by atoms with Crippen LogP contribution < -0.4 is 0 Å². The van der Waals surface area contributed by atoms with Gasteiger partial charge in [-0.3, -0.25) is 0 Å². The average Bonchev–Trinajstić information content (AvgIpc) is 2.41. The van der Waals surface area contributed by atoms with Gasteiger partial charge in [0.25, 0.3) is 0 Å². The minimum Gasteiger partial charge on any atom is -0.458 e. The number of halogens is 1. The van der Waals surface area contributed by atoms with E-state index < -0.39 is 0 Å². The highest BCUT2D eigenvalue weighted by molar-refractivity contribution is 9.10. The lowest BCUT2D eigenvalue weighted by Crippen LogP contribution is -2.06. The molecular weight excluding hydrogens is 328 g/mol. The number of allylic oxidation sites excluding steroid dienone is 3. The monoisotopic (exact) mass is 350 g/mol.